The predicted molar refractivity (Wildman–Crippen MR) is 61.6 cm³/mol. The van der Waals surface area contributed by atoms with E-state index in [0.717, 1.165) is 12.1 Å². The molecule has 0 aliphatic rings. The molecule has 0 aliphatic heterocycles. The number of benzene rings is 1. The second-order valence-electron chi connectivity index (χ2n) is 4.02. The van der Waals surface area contributed by atoms with Crippen LogP contribution in [0, 0.1) is 11.6 Å². The van der Waals surface area contributed by atoms with Gasteiger partial charge in [0.15, 0.2) is 18.2 Å². The van der Waals surface area contributed by atoms with Crippen molar-refractivity contribution in [3.8, 4) is 5.75 Å². The number of hydrogen-bond acceptors (Lipinski definition) is 3. The molecular formula is C12H12F5NO3. The summed E-state index contributed by atoms with van der Waals surface area (Å²) in [4.78, 5) is 11.9. The zero-order chi connectivity index (χ0) is 16.0. The summed E-state index contributed by atoms with van der Waals surface area (Å²) in [6, 6.07) is 2.31. The van der Waals surface area contributed by atoms with Gasteiger partial charge in [0.1, 0.15) is 12.4 Å². The fraction of sp³-hybridized carbons (Fsp3) is 0.417. The number of carbonyl (C=O) groups is 1. The number of alkyl halides is 3. The normalized spacial score (nSPS) is 11.3. The Hall–Kier alpha value is -1.90. The minimum Gasteiger partial charge on any atom is -0.481 e. The lowest BCUT2D eigenvalue weighted by Crippen LogP contribution is -2.43. The van der Waals surface area contributed by atoms with Crippen LogP contribution >= 0.6 is 0 Å². The molecule has 0 spiro atoms. The van der Waals surface area contributed by atoms with Crippen LogP contribution in [0.5, 0.6) is 5.75 Å². The highest BCUT2D eigenvalue weighted by Gasteiger charge is 2.32. The maximum absolute atomic E-state index is 13.2. The third kappa shape index (κ3) is 5.94. The lowest BCUT2D eigenvalue weighted by molar-refractivity contribution is -0.163. The molecule has 0 atom stereocenters. The summed E-state index contributed by atoms with van der Waals surface area (Å²) in [6.07, 6.45) is -4.63. The number of amides is 1. The van der Waals surface area contributed by atoms with Crippen molar-refractivity contribution in [2.24, 2.45) is 0 Å². The Morgan fingerprint density at radius 2 is 1.95 bits per heavy atom. The third-order valence-electron chi connectivity index (χ3n) is 2.34. The van der Waals surface area contributed by atoms with E-state index >= 15 is 0 Å². The molecule has 0 saturated carbocycles. The van der Waals surface area contributed by atoms with Crippen molar-refractivity contribution in [3.05, 3.63) is 29.8 Å². The summed E-state index contributed by atoms with van der Waals surface area (Å²) in [5.74, 6) is -3.47. The van der Waals surface area contributed by atoms with Crippen molar-refractivity contribution in [1.29, 1.82) is 0 Å². The topological polar surface area (TPSA) is 49.8 Å². The van der Waals surface area contributed by atoms with Crippen LogP contribution in [-0.2, 0) is 4.79 Å². The zero-order valence-corrected chi connectivity index (χ0v) is 10.7. The number of hydrogen-bond donors (Lipinski definition) is 1. The number of aliphatic hydroxyl groups is 1. The zero-order valence-electron chi connectivity index (χ0n) is 10.7. The van der Waals surface area contributed by atoms with Gasteiger partial charge in [-0.05, 0) is 12.1 Å². The van der Waals surface area contributed by atoms with E-state index in [-0.39, 0.29) is 0 Å². The molecule has 118 valence electrons. The molecule has 1 amide bonds. The molecule has 9 heteroatoms. The van der Waals surface area contributed by atoms with Gasteiger partial charge in [-0.3, -0.25) is 4.79 Å². The van der Waals surface area contributed by atoms with E-state index in [9.17, 15) is 26.7 Å². The molecule has 0 aliphatic carbocycles. The number of rotatable bonds is 6. The van der Waals surface area contributed by atoms with Crippen molar-refractivity contribution >= 4 is 5.91 Å². The Labute approximate surface area is 116 Å². The first-order chi connectivity index (χ1) is 9.73. The second-order valence-corrected chi connectivity index (χ2v) is 4.02. The first-order valence-electron chi connectivity index (χ1n) is 5.76. The van der Waals surface area contributed by atoms with Crippen LogP contribution in [0.25, 0.3) is 0 Å². The van der Waals surface area contributed by atoms with Crippen LogP contribution in [0.2, 0.25) is 0 Å². The smallest absolute Gasteiger partial charge is 0.406 e. The van der Waals surface area contributed by atoms with E-state index in [0.29, 0.717) is 11.0 Å². The Balaban J connectivity index is 2.64. The number of ether oxygens (including phenoxy) is 1. The Morgan fingerprint density at radius 3 is 2.48 bits per heavy atom. The Bertz CT molecular complexity index is 492. The summed E-state index contributed by atoms with van der Waals surface area (Å²) in [5, 5.41) is 8.64. The fourth-order valence-corrected chi connectivity index (χ4v) is 1.45. The lowest BCUT2D eigenvalue weighted by atomic mass is 10.3. The molecule has 21 heavy (non-hydrogen) atoms. The number of halogens is 5. The highest BCUT2D eigenvalue weighted by molar-refractivity contribution is 5.77. The minimum atomic E-state index is -4.63. The third-order valence-corrected chi connectivity index (χ3v) is 2.34. The highest BCUT2D eigenvalue weighted by atomic mass is 19.4. The van der Waals surface area contributed by atoms with E-state index in [1.165, 1.54) is 0 Å². The van der Waals surface area contributed by atoms with Gasteiger partial charge in [0.25, 0.3) is 5.91 Å². The first-order valence-corrected chi connectivity index (χ1v) is 5.76. The first kappa shape index (κ1) is 17.2. The predicted octanol–water partition coefficient (Wildman–Crippen LogP) is 1.73. The standard InChI is InChI=1S/C12H12F5NO3/c13-8-1-2-10(9(14)5-8)21-6-11(20)18(3-4-19)7-12(15,16)17/h1-2,5,19H,3-4,6-7H2. The van der Waals surface area contributed by atoms with Crippen LogP contribution in [0.3, 0.4) is 0 Å². The van der Waals surface area contributed by atoms with E-state index in [4.69, 9.17) is 9.84 Å². The van der Waals surface area contributed by atoms with Gasteiger partial charge >= 0.3 is 6.18 Å². The molecule has 0 unspecified atom stereocenters. The second kappa shape index (κ2) is 7.21. The van der Waals surface area contributed by atoms with Crippen molar-refractivity contribution in [1.82, 2.24) is 4.90 Å². The fourth-order valence-electron chi connectivity index (χ4n) is 1.45. The SMILES string of the molecule is O=C(COc1ccc(F)cc1F)N(CCO)CC(F)(F)F. The molecule has 1 N–H and O–H groups in total. The number of carbonyl (C=O) groups excluding carboxylic acids is 1. The van der Waals surface area contributed by atoms with Crippen LogP contribution in [0.4, 0.5) is 22.0 Å². The largest absolute Gasteiger partial charge is 0.481 e. The maximum Gasteiger partial charge on any atom is 0.406 e. The molecule has 1 aromatic carbocycles. The monoisotopic (exact) mass is 313 g/mol. The molecule has 0 fully saturated rings. The molecule has 0 saturated heterocycles. The maximum atomic E-state index is 13.2. The van der Waals surface area contributed by atoms with E-state index < -0.39 is 55.8 Å². The number of aliphatic hydroxyl groups excluding tert-OH is 1. The van der Waals surface area contributed by atoms with Gasteiger partial charge in [0, 0.05) is 12.6 Å². The van der Waals surface area contributed by atoms with Gasteiger partial charge < -0.3 is 14.7 Å². The highest BCUT2D eigenvalue weighted by Crippen LogP contribution is 2.19. The van der Waals surface area contributed by atoms with Crippen molar-refractivity contribution in [3.63, 3.8) is 0 Å². The average molecular weight is 313 g/mol. The quantitative estimate of drug-likeness (QED) is 0.814. The van der Waals surface area contributed by atoms with Gasteiger partial charge in [0.2, 0.25) is 0 Å². The summed E-state index contributed by atoms with van der Waals surface area (Å²) >= 11 is 0. The van der Waals surface area contributed by atoms with Crippen molar-refractivity contribution in [2.75, 3.05) is 26.3 Å². The van der Waals surface area contributed by atoms with Crippen LogP contribution in [0.1, 0.15) is 0 Å². The summed E-state index contributed by atoms with van der Waals surface area (Å²) in [6.45, 7) is -3.61. The average Bonchev–Trinajstić information content (AvgIpc) is 2.35. The Kier molecular flexibility index (Phi) is 5.89. The van der Waals surface area contributed by atoms with Crippen molar-refractivity contribution < 1.29 is 36.6 Å². The van der Waals surface area contributed by atoms with Crippen LogP contribution in [0.15, 0.2) is 18.2 Å². The van der Waals surface area contributed by atoms with E-state index in [2.05, 4.69) is 0 Å². The lowest BCUT2D eigenvalue weighted by Gasteiger charge is -2.23. The number of nitrogens with zero attached hydrogens (tertiary/aromatic N) is 1. The van der Waals surface area contributed by atoms with Gasteiger partial charge in [-0.15, -0.1) is 0 Å². The molecule has 1 aromatic rings. The van der Waals surface area contributed by atoms with Crippen LogP contribution in [-0.4, -0.2) is 48.4 Å². The molecule has 4 nitrogen and oxygen atoms in total. The van der Waals surface area contributed by atoms with E-state index in [1.807, 2.05) is 0 Å². The molecule has 1 rings (SSSR count). The van der Waals surface area contributed by atoms with Crippen LogP contribution < -0.4 is 4.74 Å². The summed E-state index contributed by atoms with van der Waals surface area (Å²) in [5.41, 5.74) is 0. The van der Waals surface area contributed by atoms with Gasteiger partial charge in [-0.25, -0.2) is 8.78 Å². The molecular weight excluding hydrogens is 301 g/mol. The minimum absolute atomic E-state index is 0.335. The Morgan fingerprint density at radius 1 is 1.29 bits per heavy atom. The van der Waals surface area contributed by atoms with Gasteiger partial charge in [-0.1, -0.05) is 0 Å². The van der Waals surface area contributed by atoms with Gasteiger partial charge in [0.05, 0.1) is 6.61 Å². The van der Waals surface area contributed by atoms with E-state index in [1.54, 1.807) is 0 Å². The molecule has 0 bridgehead atoms. The molecule has 0 aromatic heterocycles. The molecule has 0 radical (unpaired) electrons. The summed E-state index contributed by atoms with van der Waals surface area (Å²) in [7, 11) is 0. The van der Waals surface area contributed by atoms with Crippen molar-refractivity contribution in [2.45, 2.75) is 6.18 Å². The summed E-state index contributed by atoms with van der Waals surface area (Å²) < 4.78 is 67.3. The molecule has 0 heterocycles. The van der Waals surface area contributed by atoms with Gasteiger partial charge in [-0.2, -0.15) is 13.2 Å².